The summed E-state index contributed by atoms with van der Waals surface area (Å²) in [6.45, 7) is 2.11. The van der Waals surface area contributed by atoms with Gasteiger partial charge in [0.15, 0.2) is 0 Å². The molecule has 4 rings (SSSR count). The molecule has 5 nitrogen and oxygen atoms in total. The molecular formula is C15H23IO5. The third-order valence-corrected chi connectivity index (χ3v) is 6.61. The lowest BCUT2D eigenvalue weighted by atomic mass is 9.45. The van der Waals surface area contributed by atoms with Gasteiger partial charge in [-0.1, -0.05) is 29.5 Å². The number of carbonyl (C=O) groups is 1. The van der Waals surface area contributed by atoms with Crippen LogP contribution in [0.2, 0.25) is 0 Å². The normalized spacial score (nSPS) is 49.2. The predicted octanol–water partition coefficient (Wildman–Crippen LogP) is 1.30. The number of ether oxygens (including phenoxy) is 1. The van der Waals surface area contributed by atoms with Crippen LogP contribution in [-0.2, 0) is 9.53 Å². The van der Waals surface area contributed by atoms with Crippen LogP contribution in [0.5, 0.6) is 0 Å². The van der Waals surface area contributed by atoms with Crippen molar-refractivity contribution in [3.05, 3.63) is 0 Å². The highest BCUT2D eigenvalue weighted by Gasteiger charge is 2.68. The van der Waals surface area contributed by atoms with E-state index in [1.807, 2.05) is 6.92 Å². The molecular weight excluding hydrogens is 387 g/mol. The highest BCUT2D eigenvalue weighted by Crippen LogP contribution is 2.64. The van der Waals surface area contributed by atoms with E-state index in [0.29, 0.717) is 44.9 Å². The van der Waals surface area contributed by atoms with Crippen LogP contribution in [0.4, 0.5) is 0 Å². The minimum Gasteiger partial charge on any atom is -0.464 e. The summed E-state index contributed by atoms with van der Waals surface area (Å²) in [5, 5.41) is 32.0. The van der Waals surface area contributed by atoms with Gasteiger partial charge in [0.25, 0.3) is 0 Å². The van der Waals surface area contributed by atoms with Gasteiger partial charge in [0.05, 0.1) is 23.4 Å². The van der Waals surface area contributed by atoms with E-state index >= 15 is 0 Å². The predicted molar refractivity (Wildman–Crippen MR) is 84.0 cm³/mol. The standard InChI is InChI=1S/C15H23IO5/c1-2-10(16)11(17)21-9-12-3-13(18)6-14(19,4-12)8-15(20,5-12)7-13/h10,18-20H,2-9H2,1H3. The average Bonchev–Trinajstić information content (AvgIpc) is 2.29. The Kier molecular flexibility index (Phi) is 3.64. The number of aliphatic hydroxyl groups is 3. The lowest BCUT2D eigenvalue weighted by molar-refractivity contribution is -0.286. The highest BCUT2D eigenvalue weighted by molar-refractivity contribution is 14.1. The van der Waals surface area contributed by atoms with Crippen molar-refractivity contribution < 1.29 is 24.9 Å². The number of rotatable bonds is 4. The summed E-state index contributed by atoms with van der Waals surface area (Å²) < 4.78 is 5.26. The fraction of sp³-hybridized carbons (Fsp3) is 0.933. The smallest absolute Gasteiger partial charge is 0.318 e. The Morgan fingerprint density at radius 3 is 1.86 bits per heavy atom. The maximum absolute atomic E-state index is 11.9. The largest absolute Gasteiger partial charge is 0.464 e. The molecule has 6 heteroatoms. The van der Waals surface area contributed by atoms with Crippen LogP contribution in [0.15, 0.2) is 0 Å². The second kappa shape index (κ2) is 4.79. The Morgan fingerprint density at radius 1 is 1.05 bits per heavy atom. The first-order valence-electron chi connectivity index (χ1n) is 7.59. The molecule has 0 aromatic carbocycles. The second-order valence-electron chi connectivity index (χ2n) is 7.72. The number of hydrogen-bond donors (Lipinski definition) is 3. The molecule has 0 amide bonds. The average molecular weight is 410 g/mol. The van der Waals surface area contributed by atoms with Gasteiger partial charge >= 0.3 is 5.97 Å². The number of carbonyl (C=O) groups excluding carboxylic acids is 1. The lowest BCUT2D eigenvalue weighted by Crippen LogP contribution is -2.70. The van der Waals surface area contributed by atoms with Crippen LogP contribution in [0.25, 0.3) is 0 Å². The Balaban J connectivity index is 1.77. The summed E-state index contributed by atoms with van der Waals surface area (Å²) in [4.78, 5) is 11.9. The third-order valence-electron chi connectivity index (χ3n) is 5.22. The molecule has 4 aliphatic rings. The molecule has 0 heterocycles. The molecule has 3 N–H and O–H groups in total. The van der Waals surface area contributed by atoms with E-state index in [-0.39, 0.29) is 16.5 Å². The van der Waals surface area contributed by atoms with Crippen molar-refractivity contribution in [2.24, 2.45) is 5.41 Å². The summed E-state index contributed by atoms with van der Waals surface area (Å²) in [5.74, 6) is -0.250. The first-order chi connectivity index (χ1) is 9.61. The Morgan fingerprint density at radius 2 is 1.48 bits per heavy atom. The van der Waals surface area contributed by atoms with Crippen LogP contribution in [-0.4, -0.2) is 48.6 Å². The van der Waals surface area contributed by atoms with E-state index in [4.69, 9.17) is 4.74 Å². The molecule has 0 aromatic rings. The Bertz CT molecular complexity index is 411. The maximum atomic E-state index is 11.9. The molecule has 4 aliphatic carbocycles. The molecule has 1 atom stereocenters. The van der Waals surface area contributed by atoms with E-state index < -0.39 is 22.2 Å². The molecule has 4 bridgehead atoms. The van der Waals surface area contributed by atoms with E-state index in [0.717, 1.165) is 0 Å². The summed E-state index contributed by atoms with van der Waals surface area (Å²) in [6, 6.07) is 0. The molecule has 120 valence electrons. The zero-order valence-corrected chi connectivity index (χ0v) is 14.4. The molecule has 4 saturated carbocycles. The molecule has 0 radical (unpaired) electrons. The van der Waals surface area contributed by atoms with Crippen molar-refractivity contribution in [1.82, 2.24) is 0 Å². The zero-order valence-electron chi connectivity index (χ0n) is 12.3. The van der Waals surface area contributed by atoms with Crippen LogP contribution in [0.3, 0.4) is 0 Å². The molecule has 21 heavy (non-hydrogen) atoms. The molecule has 0 aromatic heterocycles. The molecule has 0 aliphatic heterocycles. The number of halogens is 1. The van der Waals surface area contributed by atoms with Gasteiger partial charge in [0.1, 0.15) is 3.92 Å². The quantitative estimate of drug-likeness (QED) is 0.370. The van der Waals surface area contributed by atoms with Gasteiger partial charge in [-0.15, -0.1) is 0 Å². The molecule has 0 spiro atoms. The minimum atomic E-state index is -1.03. The first kappa shape index (κ1) is 16.0. The van der Waals surface area contributed by atoms with Crippen LogP contribution in [0, 0.1) is 5.41 Å². The SMILES string of the molecule is CCC(I)C(=O)OCC12CC3(O)CC(O)(CC(O)(C3)C1)C2. The van der Waals surface area contributed by atoms with E-state index in [1.165, 1.54) is 0 Å². The fourth-order valence-electron chi connectivity index (χ4n) is 5.32. The number of hydrogen-bond acceptors (Lipinski definition) is 5. The van der Waals surface area contributed by atoms with E-state index in [9.17, 15) is 20.1 Å². The van der Waals surface area contributed by atoms with Gasteiger partial charge in [0, 0.05) is 24.7 Å². The Hall–Kier alpha value is 0.0800. The van der Waals surface area contributed by atoms with Gasteiger partial charge in [-0.3, -0.25) is 4.79 Å². The minimum absolute atomic E-state index is 0.175. The van der Waals surface area contributed by atoms with E-state index in [1.54, 1.807) is 0 Å². The highest BCUT2D eigenvalue weighted by atomic mass is 127. The number of esters is 1. The summed E-state index contributed by atoms with van der Waals surface area (Å²) in [5.41, 5.74) is -3.58. The number of alkyl halides is 1. The van der Waals surface area contributed by atoms with Crippen molar-refractivity contribution in [3.8, 4) is 0 Å². The monoisotopic (exact) mass is 410 g/mol. The molecule has 4 fully saturated rings. The summed E-state index contributed by atoms with van der Waals surface area (Å²) in [6.07, 6.45) is 3.16. The van der Waals surface area contributed by atoms with Gasteiger partial charge in [-0.05, 0) is 25.7 Å². The summed E-state index contributed by atoms with van der Waals surface area (Å²) in [7, 11) is 0. The van der Waals surface area contributed by atoms with Crippen molar-refractivity contribution >= 4 is 28.6 Å². The van der Waals surface area contributed by atoms with Crippen molar-refractivity contribution in [3.63, 3.8) is 0 Å². The molecule has 1 unspecified atom stereocenters. The van der Waals surface area contributed by atoms with Crippen LogP contribution in [0.1, 0.15) is 51.9 Å². The van der Waals surface area contributed by atoms with Gasteiger partial charge < -0.3 is 20.1 Å². The maximum Gasteiger partial charge on any atom is 0.318 e. The van der Waals surface area contributed by atoms with E-state index in [2.05, 4.69) is 22.6 Å². The fourth-order valence-corrected chi connectivity index (χ4v) is 5.50. The summed E-state index contributed by atoms with van der Waals surface area (Å²) >= 11 is 2.06. The third kappa shape index (κ3) is 2.84. The second-order valence-corrected chi connectivity index (χ2v) is 9.22. The van der Waals surface area contributed by atoms with Crippen LogP contribution < -0.4 is 0 Å². The van der Waals surface area contributed by atoms with Gasteiger partial charge in [-0.25, -0.2) is 0 Å². The van der Waals surface area contributed by atoms with Crippen LogP contribution >= 0.6 is 22.6 Å². The van der Waals surface area contributed by atoms with Crippen molar-refractivity contribution in [2.75, 3.05) is 6.61 Å². The van der Waals surface area contributed by atoms with Crippen molar-refractivity contribution in [1.29, 1.82) is 0 Å². The zero-order chi connectivity index (χ0) is 15.5. The van der Waals surface area contributed by atoms with Gasteiger partial charge in [0.2, 0.25) is 0 Å². The lowest BCUT2D eigenvalue weighted by Gasteiger charge is -2.65. The van der Waals surface area contributed by atoms with Crippen molar-refractivity contribution in [2.45, 2.75) is 72.6 Å². The molecule has 0 saturated heterocycles. The topological polar surface area (TPSA) is 87.0 Å². The Labute approximate surface area is 138 Å². The first-order valence-corrected chi connectivity index (χ1v) is 8.83. The van der Waals surface area contributed by atoms with Gasteiger partial charge in [-0.2, -0.15) is 0 Å².